The van der Waals surface area contributed by atoms with Crippen molar-refractivity contribution < 1.29 is 14.2 Å². The molecule has 0 unspecified atom stereocenters. The zero-order chi connectivity index (χ0) is 16.9. The molecule has 3 rings (SSSR count). The minimum absolute atomic E-state index is 0.0169. The Labute approximate surface area is 135 Å². The lowest BCUT2D eigenvalue weighted by Crippen LogP contribution is -2.20. The number of aromatic nitrogens is 2. The number of nitro groups is 1. The first kappa shape index (κ1) is 15.2. The summed E-state index contributed by atoms with van der Waals surface area (Å²) in [5, 5.41) is 19.2. The lowest BCUT2D eigenvalue weighted by Gasteiger charge is -2.04. The molecule has 9 nitrogen and oxygen atoms in total. The molecular formula is C15H11N5O4. The topological polar surface area (TPSA) is 123 Å². The molecule has 3 aromatic rings. The van der Waals surface area contributed by atoms with Crippen LogP contribution in [0.5, 0.6) is 0 Å². The van der Waals surface area contributed by atoms with Gasteiger partial charge in [-0.1, -0.05) is 24.3 Å². The van der Waals surface area contributed by atoms with E-state index in [1.807, 2.05) is 18.2 Å². The van der Waals surface area contributed by atoms with Crippen LogP contribution < -0.4 is 10.6 Å². The van der Waals surface area contributed by atoms with Crippen LogP contribution in [0.2, 0.25) is 0 Å². The average Bonchev–Trinajstić information content (AvgIpc) is 3.04. The molecule has 9 heteroatoms. The Bertz CT molecular complexity index is 878. The van der Waals surface area contributed by atoms with Crippen LogP contribution in [0.25, 0.3) is 11.5 Å². The molecular weight excluding hydrogens is 314 g/mol. The third-order valence-corrected chi connectivity index (χ3v) is 2.99. The molecule has 0 aliphatic carbocycles. The molecule has 0 saturated heterocycles. The fourth-order valence-corrected chi connectivity index (χ4v) is 1.93. The second-order valence-electron chi connectivity index (χ2n) is 4.68. The lowest BCUT2D eigenvalue weighted by atomic mass is 10.2. The van der Waals surface area contributed by atoms with Crippen LogP contribution >= 0.6 is 0 Å². The van der Waals surface area contributed by atoms with Crippen LogP contribution in [-0.4, -0.2) is 21.1 Å². The van der Waals surface area contributed by atoms with Gasteiger partial charge in [-0.15, -0.1) is 0 Å². The third-order valence-electron chi connectivity index (χ3n) is 2.99. The summed E-state index contributed by atoms with van der Waals surface area (Å²) in [5.74, 6) is 0.248. The van der Waals surface area contributed by atoms with Crippen LogP contribution in [0.1, 0.15) is 0 Å². The van der Waals surface area contributed by atoms with Gasteiger partial charge in [0, 0.05) is 23.4 Å². The number of amides is 2. The van der Waals surface area contributed by atoms with Gasteiger partial charge >= 0.3 is 6.03 Å². The van der Waals surface area contributed by atoms with Crippen molar-refractivity contribution in [1.29, 1.82) is 0 Å². The van der Waals surface area contributed by atoms with Crippen molar-refractivity contribution >= 4 is 23.4 Å². The first-order valence-corrected chi connectivity index (χ1v) is 6.83. The quantitative estimate of drug-likeness (QED) is 0.560. The van der Waals surface area contributed by atoms with Crippen molar-refractivity contribution in [2.75, 3.05) is 10.6 Å². The highest BCUT2D eigenvalue weighted by Crippen LogP contribution is 2.19. The van der Waals surface area contributed by atoms with Crippen molar-refractivity contribution in [1.82, 2.24) is 10.1 Å². The first-order chi connectivity index (χ1) is 11.6. The van der Waals surface area contributed by atoms with Crippen molar-refractivity contribution in [3.05, 3.63) is 64.7 Å². The van der Waals surface area contributed by atoms with Crippen molar-refractivity contribution in [2.45, 2.75) is 0 Å². The zero-order valence-electron chi connectivity index (χ0n) is 12.2. The summed E-state index contributed by atoms with van der Waals surface area (Å²) in [4.78, 5) is 26.1. The van der Waals surface area contributed by atoms with Gasteiger partial charge in [0.05, 0.1) is 4.92 Å². The molecule has 0 saturated carbocycles. The summed E-state index contributed by atoms with van der Waals surface area (Å²) in [6, 6.07) is 14.0. The van der Waals surface area contributed by atoms with E-state index in [0.29, 0.717) is 0 Å². The normalized spacial score (nSPS) is 10.2. The molecule has 2 amide bonds. The lowest BCUT2D eigenvalue weighted by molar-refractivity contribution is -0.384. The highest BCUT2D eigenvalue weighted by molar-refractivity contribution is 5.98. The van der Waals surface area contributed by atoms with Crippen molar-refractivity contribution in [3.8, 4) is 11.5 Å². The molecule has 0 aliphatic heterocycles. The minimum Gasteiger partial charge on any atom is -0.332 e. The molecule has 0 fully saturated rings. The number of benzene rings is 2. The number of non-ortho nitro benzene ring substituents is 1. The van der Waals surface area contributed by atoms with E-state index >= 15 is 0 Å². The number of hydrogen-bond donors (Lipinski definition) is 2. The van der Waals surface area contributed by atoms with Crippen LogP contribution in [0, 0.1) is 10.1 Å². The van der Waals surface area contributed by atoms with Gasteiger partial charge in [0.15, 0.2) is 0 Å². The standard InChI is InChI=1S/C15H11N5O4/c21-15(16-11-7-4-8-12(9-11)20(22)23)18-14-17-13(24-19-14)10-5-2-1-3-6-10/h1-9H,(H2,16,18,19,21). The summed E-state index contributed by atoms with van der Waals surface area (Å²) in [6.07, 6.45) is 0. The van der Waals surface area contributed by atoms with Crippen LogP contribution in [0.3, 0.4) is 0 Å². The van der Waals surface area contributed by atoms with E-state index in [0.717, 1.165) is 5.56 Å². The molecule has 1 heterocycles. The monoisotopic (exact) mass is 325 g/mol. The Morgan fingerprint density at radius 2 is 1.88 bits per heavy atom. The fraction of sp³-hybridized carbons (Fsp3) is 0. The number of rotatable bonds is 4. The second kappa shape index (κ2) is 6.57. The Kier molecular flexibility index (Phi) is 4.15. The van der Waals surface area contributed by atoms with E-state index in [2.05, 4.69) is 20.8 Å². The summed E-state index contributed by atoms with van der Waals surface area (Å²) in [6.45, 7) is 0. The number of carbonyl (C=O) groups is 1. The zero-order valence-corrected chi connectivity index (χ0v) is 12.2. The van der Waals surface area contributed by atoms with Crippen LogP contribution in [0.4, 0.5) is 22.1 Å². The number of carbonyl (C=O) groups excluding carboxylic acids is 1. The molecule has 0 radical (unpaired) electrons. The number of urea groups is 1. The van der Waals surface area contributed by atoms with Gasteiger partial charge in [0.25, 0.3) is 17.5 Å². The van der Waals surface area contributed by atoms with E-state index in [1.54, 1.807) is 12.1 Å². The second-order valence-corrected chi connectivity index (χ2v) is 4.68. The maximum Gasteiger partial charge on any atom is 0.326 e. The molecule has 120 valence electrons. The number of nitrogens with zero attached hydrogens (tertiary/aromatic N) is 3. The summed E-state index contributed by atoms with van der Waals surface area (Å²) < 4.78 is 5.06. The molecule has 0 atom stereocenters. The van der Waals surface area contributed by atoms with Gasteiger partial charge in [-0.25, -0.2) is 4.79 Å². The summed E-state index contributed by atoms with van der Waals surface area (Å²) >= 11 is 0. The maximum atomic E-state index is 11.9. The first-order valence-electron chi connectivity index (χ1n) is 6.83. The maximum absolute atomic E-state index is 11.9. The van der Waals surface area contributed by atoms with Crippen molar-refractivity contribution in [3.63, 3.8) is 0 Å². The van der Waals surface area contributed by atoms with E-state index in [-0.39, 0.29) is 23.2 Å². The molecule has 2 aromatic carbocycles. The SMILES string of the molecule is O=C(Nc1cccc([N+](=O)[O-])c1)Nc1noc(-c2ccccc2)n1. The van der Waals surface area contributed by atoms with Crippen LogP contribution in [0.15, 0.2) is 59.1 Å². The van der Waals surface area contributed by atoms with Gasteiger partial charge in [-0.3, -0.25) is 15.4 Å². The number of hydrogen-bond acceptors (Lipinski definition) is 6. The molecule has 0 spiro atoms. The van der Waals surface area contributed by atoms with Gasteiger partial charge in [-0.05, 0) is 23.4 Å². The smallest absolute Gasteiger partial charge is 0.326 e. The average molecular weight is 325 g/mol. The van der Waals surface area contributed by atoms with Gasteiger partial charge in [0.1, 0.15) is 0 Å². The van der Waals surface area contributed by atoms with E-state index in [9.17, 15) is 14.9 Å². The van der Waals surface area contributed by atoms with Gasteiger partial charge in [0.2, 0.25) is 0 Å². The molecule has 0 bridgehead atoms. The Balaban J connectivity index is 1.66. The molecule has 0 aliphatic rings. The van der Waals surface area contributed by atoms with E-state index < -0.39 is 11.0 Å². The van der Waals surface area contributed by atoms with Crippen molar-refractivity contribution in [2.24, 2.45) is 0 Å². The fourth-order valence-electron chi connectivity index (χ4n) is 1.93. The predicted molar refractivity (Wildman–Crippen MR) is 85.5 cm³/mol. The highest BCUT2D eigenvalue weighted by atomic mass is 16.6. The number of anilines is 2. The summed E-state index contributed by atoms with van der Waals surface area (Å²) in [5.41, 5.74) is 0.865. The summed E-state index contributed by atoms with van der Waals surface area (Å²) in [7, 11) is 0. The van der Waals surface area contributed by atoms with Crippen LogP contribution in [-0.2, 0) is 0 Å². The Hall–Kier alpha value is -3.75. The van der Waals surface area contributed by atoms with E-state index in [1.165, 1.54) is 24.3 Å². The Morgan fingerprint density at radius 3 is 2.62 bits per heavy atom. The van der Waals surface area contributed by atoms with E-state index in [4.69, 9.17) is 4.52 Å². The van der Waals surface area contributed by atoms with Gasteiger partial charge in [-0.2, -0.15) is 4.98 Å². The number of nitro benzene ring substituents is 1. The number of nitrogens with one attached hydrogen (secondary N) is 2. The van der Waals surface area contributed by atoms with Gasteiger partial charge < -0.3 is 9.84 Å². The largest absolute Gasteiger partial charge is 0.332 e. The molecule has 2 N–H and O–H groups in total. The molecule has 24 heavy (non-hydrogen) atoms. The minimum atomic E-state index is -0.643. The Morgan fingerprint density at radius 1 is 1.08 bits per heavy atom. The third kappa shape index (κ3) is 3.53. The highest BCUT2D eigenvalue weighted by Gasteiger charge is 2.12. The predicted octanol–water partition coefficient (Wildman–Crippen LogP) is 3.29. The molecule has 1 aromatic heterocycles.